The molecule has 0 atom stereocenters. The number of carbonyl (C=O) groups is 1. The number of carbonyl (C=O) groups excluding carboxylic acids is 1. The highest BCUT2D eigenvalue weighted by Crippen LogP contribution is 2.25. The van der Waals surface area contributed by atoms with Crippen molar-refractivity contribution in [1.82, 2.24) is 4.90 Å². The van der Waals surface area contributed by atoms with Gasteiger partial charge in [-0.3, -0.25) is 9.52 Å². The van der Waals surface area contributed by atoms with E-state index in [1.165, 1.54) is 11.0 Å². The first kappa shape index (κ1) is 20.2. The minimum Gasteiger partial charge on any atom is -0.339 e. The first-order valence-electron chi connectivity index (χ1n) is 7.14. The van der Waals surface area contributed by atoms with Crippen molar-refractivity contribution in [3.05, 3.63) is 48.5 Å². The summed E-state index contributed by atoms with van der Waals surface area (Å²) in [5, 5.41) is 4.80. The van der Waals surface area contributed by atoms with Crippen LogP contribution in [0.25, 0.3) is 0 Å². The van der Waals surface area contributed by atoms with Crippen LogP contribution in [-0.2, 0) is 20.0 Å². The second-order valence-corrected chi connectivity index (χ2v) is 9.68. The number of thioether (sulfide) groups is 1. The van der Waals surface area contributed by atoms with Gasteiger partial charge in [0.2, 0.25) is 10.0 Å². The van der Waals surface area contributed by atoms with Crippen molar-refractivity contribution in [3.8, 4) is 0 Å². The topological polar surface area (TPSA) is 127 Å². The molecule has 0 saturated carbocycles. The fourth-order valence-electron chi connectivity index (χ4n) is 1.84. The quantitative estimate of drug-likeness (QED) is 0.718. The Morgan fingerprint density at radius 3 is 2.12 bits per heavy atom. The molecular formula is C15H17N3O5S3. The van der Waals surface area contributed by atoms with Crippen LogP contribution in [0, 0.1) is 0 Å². The van der Waals surface area contributed by atoms with Crippen molar-refractivity contribution in [2.24, 2.45) is 5.14 Å². The van der Waals surface area contributed by atoms with Gasteiger partial charge in [-0.05, 0) is 54.2 Å². The van der Waals surface area contributed by atoms with E-state index >= 15 is 0 Å². The van der Waals surface area contributed by atoms with Crippen LogP contribution in [0.5, 0.6) is 0 Å². The standard InChI is InChI=1S/C15H17N3O5S3/c1-18(2)15(19)24-12-5-3-4-11(10-12)17-26(22,23)14-8-6-13(7-9-14)25(16,20)21/h3-10,17H,1-2H3,(H2,16,20,21). The lowest BCUT2D eigenvalue weighted by molar-refractivity contribution is 0.241. The van der Waals surface area contributed by atoms with Crippen LogP contribution in [0.15, 0.2) is 63.2 Å². The van der Waals surface area contributed by atoms with Gasteiger partial charge in [0.25, 0.3) is 15.3 Å². The first-order chi connectivity index (χ1) is 12.0. The highest BCUT2D eigenvalue weighted by atomic mass is 32.2. The van der Waals surface area contributed by atoms with Gasteiger partial charge in [-0.1, -0.05) is 6.07 Å². The molecule has 3 N–H and O–H groups in total. The maximum atomic E-state index is 12.4. The van der Waals surface area contributed by atoms with Crippen molar-refractivity contribution in [2.45, 2.75) is 14.7 Å². The number of hydrogen-bond acceptors (Lipinski definition) is 6. The number of benzene rings is 2. The lowest BCUT2D eigenvalue weighted by atomic mass is 10.3. The molecule has 2 aromatic carbocycles. The summed E-state index contributed by atoms with van der Waals surface area (Å²) in [7, 11) is -4.59. The Balaban J connectivity index is 2.23. The number of anilines is 1. The fraction of sp³-hybridized carbons (Fsp3) is 0.133. The molecule has 0 saturated heterocycles. The molecule has 0 fully saturated rings. The zero-order chi connectivity index (χ0) is 19.5. The second-order valence-electron chi connectivity index (χ2n) is 5.41. The van der Waals surface area contributed by atoms with E-state index in [9.17, 15) is 21.6 Å². The van der Waals surface area contributed by atoms with Gasteiger partial charge in [0, 0.05) is 24.7 Å². The van der Waals surface area contributed by atoms with E-state index in [1.807, 2.05) is 0 Å². The molecule has 0 spiro atoms. The third-order valence-electron chi connectivity index (χ3n) is 3.12. The number of primary sulfonamides is 1. The molecular weight excluding hydrogens is 398 g/mol. The van der Waals surface area contributed by atoms with E-state index in [1.54, 1.807) is 32.3 Å². The minimum absolute atomic E-state index is 0.118. The van der Waals surface area contributed by atoms with E-state index in [-0.39, 0.29) is 20.7 Å². The van der Waals surface area contributed by atoms with Crippen molar-refractivity contribution in [1.29, 1.82) is 0 Å². The van der Waals surface area contributed by atoms with Gasteiger partial charge >= 0.3 is 0 Å². The number of rotatable bonds is 5. The summed E-state index contributed by atoms with van der Waals surface area (Å²) in [5.74, 6) is 0. The molecule has 2 aromatic rings. The summed E-state index contributed by atoms with van der Waals surface area (Å²) >= 11 is 0.964. The largest absolute Gasteiger partial charge is 0.339 e. The smallest absolute Gasteiger partial charge is 0.285 e. The third-order valence-corrected chi connectivity index (χ3v) is 6.47. The van der Waals surface area contributed by atoms with E-state index in [0.717, 1.165) is 36.0 Å². The van der Waals surface area contributed by atoms with Gasteiger partial charge in [0.05, 0.1) is 9.79 Å². The van der Waals surface area contributed by atoms with Gasteiger partial charge in [-0.15, -0.1) is 0 Å². The van der Waals surface area contributed by atoms with Crippen LogP contribution in [0.1, 0.15) is 0 Å². The van der Waals surface area contributed by atoms with Crippen LogP contribution >= 0.6 is 11.8 Å². The second kappa shape index (κ2) is 7.66. The molecule has 0 radical (unpaired) electrons. The Bertz CT molecular complexity index is 1020. The molecule has 0 aromatic heterocycles. The van der Waals surface area contributed by atoms with Crippen molar-refractivity contribution >= 4 is 42.7 Å². The van der Waals surface area contributed by atoms with Crippen molar-refractivity contribution < 1.29 is 21.6 Å². The highest BCUT2D eigenvalue weighted by molar-refractivity contribution is 8.13. The van der Waals surface area contributed by atoms with Crippen LogP contribution in [-0.4, -0.2) is 41.1 Å². The molecule has 2 rings (SSSR count). The zero-order valence-corrected chi connectivity index (χ0v) is 16.4. The van der Waals surface area contributed by atoms with E-state index in [0.29, 0.717) is 4.90 Å². The molecule has 1 amide bonds. The lowest BCUT2D eigenvalue weighted by Gasteiger charge is -2.11. The maximum Gasteiger partial charge on any atom is 0.285 e. The first-order valence-corrected chi connectivity index (χ1v) is 11.0. The van der Waals surface area contributed by atoms with Crippen molar-refractivity contribution in [3.63, 3.8) is 0 Å². The molecule has 11 heteroatoms. The predicted octanol–water partition coefficient (Wildman–Crippen LogP) is 1.91. The Labute approximate surface area is 156 Å². The van der Waals surface area contributed by atoms with Crippen molar-refractivity contribution in [2.75, 3.05) is 18.8 Å². The average Bonchev–Trinajstić information content (AvgIpc) is 2.54. The van der Waals surface area contributed by atoms with Crippen LogP contribution < -0.4 is 9.86 Å². The number of sulfonamides is 2. The molecule has 0 aliphatic rings. The Kier molecular flexibility index (Phi) is 5.96. The van der Waals surface area contributed by atoms with Gasteiger partial charge in [-0.25, -0.2) is 22.0 Å². The van der Waals surface area contributed by atoms with E-state index in [2.05, 4.69) is 4.72 Å². The Morgan fingerprint density at radius 1 is 1.00 bits per heavy atom. The summed E-state index contributed by atoms with van der Waals surface area (Å²) in [5.41, 5.74) is 0.275. The summed E-state index contributed by atoms with van der Waals surface area (Å²) in [6, 6.07) is 10.9. The van der Waals surface area contributed by atoms with Gasteiger partial charge in [0.15, 0.2) is 0 Å². The van der Waals surface area contributed by atoms with Gasteiger partial charge in [-0.2, -0.15) is 0 Å². The normalized spacial score (nSPS) is 11.8. The predicted molar refractivity (Wildman–Crippen MR) is 100 cm³/mol. The molecule has 0 aliphatic heterocycles. The average molecular weight is 416 g/mol. The van der Waals surface area contributed by atoms with Gasteiger partial charge in [0.1, 0.15) is 0 Å². The molecule has 0 bridgehead atoms. The van der Waals surface area contributed by atoms with Crippen LogP contribution in [0.4, 0.5) is 10.5 Å². The molecule has 26 heavy (non-hydrogen) atoms. The third kappa shape index (κ3) is 5.21. The highest BCUT2D eigenvalue weighted by Gasteiger charge is 2.16. The number of amides is 1. The Morgan fingerprint density at radius 2 is 1.58 bits per heavy atom. The SMILES string of the molecule is CN(C)C(=O)Sc1cccc(NS(=O)(=O)c2ccc(S(N)(=O)=O)cc2)c1. The number of nitrogens with zero attached hydrogens (tertiary/aromatic N) is 1. The van der Waals surface area contributed by atoms with Gasteiger partial charge < -0.3 is 4.90 Å². The molecule has 140 valence electrons. The lowest BCUT2D eigenvalue weighted by Crippen LogP contribution is -2.16. The van der Waals surface area contributed by atoms with Crippen LogP contribution in [0.3, 0.4) is 0 Å². The zero-order valence-electron chi connectivity index (χ0n) is 13.9. The molecule has 8 nitrogen and oxygen atoms in total. The number of hydrogen-bond donors (Lipinski definition) is 2. The fourth-order valence-corrected chi connectivity index (χ4v) is 4.12. The minimum atomic E-state index is -3.93. The summed E-state index contributed by atoms with van der Waals surface area (Å²) in [6.45, 7) is 0. The molecule has 0 aliphatic carbocycles. The monoisotopic (exact) mass is 415 g/mol. The summed E-state index contributed by atoms with van der Waals surface area (Å²) < 4.78 is 49.7. The van der Waals surface area contributed by atoms with E-state index < -0.39 is 20.0 Å². The Hall–Kier alpha value is -2.08. The number of nitrogens with one attached hydrogen (secondary N) is 1. The molecule has 0 heterocycles. The summed E-state index contributed by atoms with van der Waals surface area (Å²) in [6.07, 6.45) is 0. The summed E-state index contributed by atoms with van der Waals surface area (Å²) in [4.78, 5) is 13.4. The van der Waals surface area contributed by atoms with E-state index in [4.69, 9.17) is 5.14 Å². The maximum absolute atomic E-state index is 12.4. The molecule has 0 unspecified atom stereocenters. The number of nitrogens with two attached hydrogens (primary N) is 1. The van der Waals surface area contributed by atoms with Crippen LogP contribution in [0.2, 0.25) is 0 Å².